The average Bonchev–Trinajstić information content (AvgIpc) is 3.04. The Kier molecular flexibility index (Phi) is 5.85. The molecule has 162 valence electrons. The van der Waals surface area contributed by atoms with Gasteiger partial charge in [0.1, 0.15) is 11.5 Å². The molecule has 0 saturated heterocycles. The number of rotatable bonds is 3. The van der Waals surface area contributed by atoms with Crippen molar-refractivity contribution < 1.29 is 19.1 Å². The molecule has 0 spiro atoms. The van der Waals surface area contributed by atoms with E-state index in [9.17, 15) is 9.59 Å². The minimum Gasteiger partial charge on any atom is -0.452 e. The van der Waals surface area contributed by atoms with Gasteiger partial charge in [0.2, 0.25) is 5.78 Å². The highest BCUT2D eigenvalue weighted by Gasteiger charge is 2.28. The van der Waals surface area contributed by atoms with Crippen LogP contribution in [-0.2, 0) is 5.41 Å². The number of benzene rings is 3. The van der Waals surface area contributed by atoms with E-state index in [-0.39, 0.29) is 22.7 Å². The number of halogens is 2. The third-order valence-electron chi connectivity index (χ3n) is 5.09. The van der Waals surface area contributed by atoms with E-state index in [1.54, 1.807) is 48.5 Å². The zero-order valence-corrected chi connectivity index (χ0v) is 19.3. The number of fused-ring (bicyclic) bond motifs is 1. The molecular weight excluding hydrogens is 447 g/mol. The molecule has 1 aliphatic rings. The summed E-state index contributed by atoms with van der Waals surface area (Å²) in [6.07, 6.45) is 1.56. The van der Waals surface area contributed by atoms with Crippen molar-refractivity contribution in [1.82, 2.24) is 0 Å². The van der Waals surface area contributed by atoms with Crippen LogP contribution in [0.5, 0.6) is 11.5 Å². The lowest BCUT2D eigenvalue weighted by Crippen LogP contribution is -2.12. The first-order chi connectivity index (χ1) is 15.1. The van der Waals surface area contributed by atoms with Crippen LogP contribution >= 0.6 is 23.2 Å². The van der Waals surface area contributed by atoms with Gasteiger partial charge in [-0.1, -0.05) is 62.2 Å². The van der Waals surface area contributed by atoms with Gasteiger partial charge in [0.05, 0.1) is 11.1 Å². The molecule has 4 nitrogen and oxygen atoms in total. The highest BCUT2D eigenvalue weighted by atomic mass is 35.5. The second kappa shape index (κ2) is 8.45. The quantitative estimate of drug-likeness (QED) is 0.234. The maximum absolute atomic E-state index is 12.7. The van der Waals surface area contributed by atoms with E-state index >= 15 is 0 Å². The van der Waals surface area contributed by atoms with Gasteiger partial charge in [-0.05, 0) is 59.0 Å². The molecular formula is C26H20Cl2O4. The van der Waals surface area contributed by atoms with Crippen molar-refractivity contribution in [3.05, 3.63) is 98.7 Å². The third-order valence-corrected chi connectivity index (χ3v) is 5.65. The van der Waals surface area contributed by atoms with E-state index in [1.807, 2.05) is 12.1 Å². The topological polar surface area (TPSA) is 52.6 Å². The number of carbonyl (C=O) groups is 2. The molecule has 1 aliphatic heterocycles. The second-order valence-corrected chi connectivity index (χ2v) is 9.32. The van der Waals surface area contributed by atoms with Crippen molar-refractivity contribution in [1.29, 1.82) is 0 Å². The number of hydrogen-bond acceptors (Lipinski definition) is 4. The molecule has 0 aliphatic carbocycles. The monoisotopic (exact) mass is 466 g/mol. The second-order valence-electron chi connectivity index (χ2n) is 8.48. The first-order valence-corrected chi connectivity index (χ1v) is 10.7. The minimum atomic E-state index is -0.488. The molecule has 0 bridgehead atoms. The van der Waals surface area contributed by atoms with E-state index in [0.717, 1.165) is 5.56 Å². The fraction of sp³-hybridized carbons (Fsp3) is 0.154. The Morgan fingerprint density at radius 1 is 0.969 bits per heavy atom. The van der Waals surface area contributed by atoms with Crippen LogP contribution in [-0.4, -0.2) is 11.8 Å². The zero-order chi connectivity index (χ0) is 23.0. The largest absolute Gasteiger partial charge is 0.452 e. The normalized spacial score (nSPS) is 14.3. The van der Waals surface area contributed by atoms with Crippen molar-refractivity contribution in [2.45, 2.75) is 26.2 Å². The molecule has 4 rings (SSSR count). The lowest BCUT2D eigenvalue weighted by atomic mass is 9.87. The maximum Gasteiger partial charge on any atom is 0.343 e. The van der Waals surface area contributed by atoms with Gasteiger partial charge in [0.15, 0.2) is 5.76 Å². The molecule has 1 heterocycles. The van der Waals surface area contributed by atoms with E-state index in [0.29, 0.717) is 32.5 Å². The first-order valence-electron chi connectivity index (χ1n) is 9.98. The van der Waals surface area contributed by atoms with Gasteiger partial charge in [-0.2, -0.15) is 0 Å². The number of ether oxygens (including phenoxy) is 2. The number of ketones is 1. The summed E-state index contributed by atoms with van der Waals surface area (Å²) in [5.74, 6) is -0.0301. The number of allylic oxidation sites excluding steroid dienone is 1. The average molecular weight is 467 g/mol. The Morgan fingerprint density at radius 2 is 1.69 bits per heavy atom. The summed E-state index contributed by atoms with van der Waals surface area (Å²) in [6.45, 7) is 6.32. The van der Waals surface area contributed by atoms with Gasteiger partial charge < -0.3 is 9.47 Å². The highest BCUT2D eigenvalue weighted by Crippen LogP contribution is 2.36. The molecule has 0 radical (unpaired) electrons. The van der Waals surface area contributed by atoms with Gasteiger partial charge in [-0.25, -0.2) is 4.79 Å². The van der Waals surface area contributed by atoms with Crippen LogP contribution < -0.4 is 9.47 Å². The summed E-state index contributed by atoms with van der Waals surface area (Å²) in [5, 5.41) is 0.906. The summed E-state index contributed by atoms with van der Waals surface area (Å²) in [4.78, 5) is 25.2. The predicted molar refractivity (Wildman–Crippen MR) is 126 cm³/mol. The van der Waals surface area contributed by atoms with Crippen LogP contribution in [0.15, 0.2) is 66.4 Å². The molecule has 3 aromatic rings. The molecule has 3 aromatic carbocycles. The highest BCUT2D eigenvalue weighted by molar-refractivity contribution is 6.35. The van der Waals surface area contributed by atoms with Gasteiger partial charge in [0.25, 0.3) is 0 Å². The lowest BCUT2D eigenvalue weighted by molar-refractivity contribution is 0.0734. The summed E-state index contributed by atoms with van der Waals surface area (Å²) in [7, 11) is 0. The number of Topliss-reactive ketones (excluding diaryl/α,β-unsaturated/α-hetero) is 1. The van der Waals surface area contributed by atoms with Crippen molar-refractivity contribution >= 4 is 41.0 Å². The van der Waals surface area contributed by atoms with Gasteiger partial charge >= 0.3 is 5.97 Å². The first kappa shape index (κ1) is 22.1. The van der Waals surface area contributed by atoms with Crippen LogP contribution in [0.1, 0.15) is 52.6 Å². The Labute approximate surface area is 196 Å². The van der Waals surface area contributed by atoms with Crippen LogP contribution in [0.3, 0.4) is 0 Å². The number of carbonyl (C=O) groups excluding carboxylic acids is 2. The van der Waals surface area contributed by atoms with Crippen molar-refractivity contribution in [2.75, 3.05) is 0 Å². The molecule has 0 N–H and O–H groups in total. The van der Waals surface area contributed by atoms with Gasteiger partial charge in [-0.3, -0.25) is 4.79 Å². The third kappa shape index (κ3) is 4.57. The van der Waals surface area contributed by atoms with Crippen LogP contribution in [0.4, 0.5) is 0 Å². The van der Waals surface area contributed by atoms with Crippen molar-refractivity contribution in [3.63, 3.8) is 0 Å². The summed E-state index contributed by atoms with van der Waals surface area (Å²) in [5.41, 5.74) is 2.55. The zero-order valence-electron chi connectivity index (χ0n) is 17.7. The van der Waals surface area contributed by atoms with Gasteiger partial charge in [-0.15, -0.1) is 0 Å². The Hall–Kier alpha value is -3.08. The lowest BCUT2D eigenvalue weighted by Gasteiger charge is -2.18. The molecule has 0 atom stereocenters. The molecule has 0 unspecified atom stereocenters. The van der Waals surface area contributed by atoms with E-state index in [2.05, 4.69) is 20.8 Å². The van der Waals surface area contributed by atoms with Crippen LogP contribution in [0, 0.1) is 0 Å². The summed E-state index contributed by atoms with van der Waals surface area (Å²) >= 11 is 12.1. The molecule has 0 aromatic heterocycles. The summed E-state index contributed by atoms with van der Waals surface area (Å²) in [6, 6.07) is 17.0. The number of esters is 1. The number of hydrogen-bond donors (Lipinski definition) is 0. The fourth-order valence-electron chi connectivity index (χ4n) is 3.26. The predicted octanol–water partition coefficient (Wildman–Crippen LogP) is 7.13. The molecule has 0 fully saturated rings. The van der Waals surface area contributed by atoms with E-state index < -0.39 is 5.97 Å². The van der Waals surface area contributed by atoms with E-state index in [4.69, 9.17) is 32.7 Å². The Bertz CT molecular complexity index is 1250. The fourth-order valence-corrected chi connectivity index (χ4v) is 3.73. The SMILES string of the molecule is CC(C)(C)c1ccc(C(=O)Oc2ccc3c(c2)OC(=Cc2ccc(Cl)cc2Cl)C3=O)cc1. The molecule has 6 heteroatoms. The van der Waals surface area contributed by atoms with Crippen LogP contribution in [0.2, 0.25) is 10.0 Å². The Balaban J connectivity index is 1.52. The molecule has 32 heavy (non-hydrogen) atoms. The van der Waals surface area contributed by atoms with Gasteiger partial charge in [0, 0.05) is 16.1 Å². The van der Waals surface area contributed by atoms with Crippen molar-refractivity contribution in [2.24, 2.45) is 0 Å². The van der Waals surface area contributed by atoms with Crippen molar-refractivity contribution in [3.8, 4) is 11.5 Å². The standard InChI is InChI=1S/C26H20Cl2O4/c1-26(2,3)17-7-4-15(5-8-17)25(30)31-19-10-11-20-22(14-19)32-23(24(20)29)12-16-6-9-18(27)13-21(16)28/h4-14H,1-3H3. The van der Waals surface area contributed by atoms with E-state index in [1.165, 1.54) is 6.07 Å². The minimum absolute atomic E-state index is 0.00619. The molecule has 0 saturated carbocycles. The maximum atomic E-state index is 12.7. The van der Waals surface area contributed by atoms with Crippen LogP contribution in [0.25, 0.3) is 6.08 Å². The molecule has 0 amide bonds. The summed E-state index contributed by atoms with van der Waals surface area (Å²) < 4.78 is 11.2. The smallest absolute Gasteiger partial charge is 0.343 e. The Morgan fingerprint density at radius 3 is 2.34 bits per heavy atom.